The van der Waals surface area contributed by atoms with E-state index in [9.17, 15) is 9.18 Å². The second-order valence-electron chi connectivity index (χ2n) is 5.07. The first kappa shape index (κ1) is 16.0. The van der Waals surface area contributed by atoms with Gasteiger partial charge >= 0.3 is 0 Å². The van der Waals surface area contributed by atoms with Gasteiger partial charge in [0, 0.05) is 6.54 Å². The van der Waals surface area contributed by atoms with Crippen LogP contribution in [0.3, 0.4) is 0 Å². The molecule has 0 aliphatic rings. The number of halogens is 1. The van der Waals surface area contributed by atoms with Crippen molar-refractivity contribution in [2.45, 2.75) is 19.3 Å². The highest BCUT2D eigenvalue weighted by Gasteiger charge is 2.06. The van der Waals surface area contributed by atoms with Gasteiger partial charge in [0.1, 0.15) is 11.6 Å². The SMILES string of the molecule is COc1ccc(CCCNC(=O)Cc2ccccc2F)cc1. The van der Waals surface area contributed by atoms with Crippen molar-refractivity contribution in [2.75, 3.05) is 13.7 Å². The van der Waals surface area contributed by atoms with E-state index in [0.29, 0.717) is 12.1 Å². The molecule has 2 aromatic rings. The Morgan fingerprint density at radius 2 is 1.86 bits per heavy atom. The van der Waals surface area contributed by atoms with E-state index in [1.54, 1.807) is 25.3 Å². The van der Waals surface area contributed by atoms with E-state index in [1.165, 1.54) is 11.6 Å². The predicted octanol–water partition coefficient (Wildman–Crippen LogP) is 3.13. The molecule has 0 bridgehead atoms. The van der Waals surface area contributed by atoms with Crippen LogP contribution in [-0.2, 0) is 17.6 Å². The molecule has 0 saturated heterocycles. The van der Waals surface area contributed by atoms with Crippen molar-refractivity contribution in [1.29, 1.82) is 0 Å². The summed E-state index contributed by atoms with van der Waals surface area (Å²) in [6, 6.07) is 14.2. The van der Waals surface area contributed by atoms with Crippen LogP contribution in [0.1, 0.15) is 17.5 Å². The molecule has 0 unspecified atom stereocenters. The lowest BCUT2D eigenvalue weighted by molar-refractivity contribution is -0.120. The molecule has 0 aliphatic carbocycles. The predicted molar refractivity (Wildman–Crippen MR) is 84.4 cm³/mol. The summed E-state index contributed by atoms with van der Waals surface area (Å²) in [6.07, 6.45) is 1.80. The first-order valence-corrected chi connectivity index (χ1v) is 7.32. The zero-order chi connectivity index (χ0) is 15.8. The average molecular weight is 301 g/mol. The average Bonchev–Trinajstić information content (AvgIpc) is 2.54. The molecule has 3 nitrogen and oxygen atoms in total. The van der Waals surface area contributed by atoms with Gasteiger partial charge in [-0.2, -0.15) is 0 Å². The fourth-order valence-corrected chi connectivity index (χ4v) is 2.19. The summed E-state index contributed by atoms with van der Waals surface area (Å²) in [4.78, 5) is 11.8. The number of hydrogen-bond acceptors (Lipinski definition) is 2. The molecule has 2 aromatic carbocycles. The second kappa shape index (κ2) is 8.17. The molecular weight excluding hydrogens is 281 g/mol. The minimum atomic E-state index is -0.337. The van der Waals surface area contributed by atoms with Gasteiger partial charge in [0.15, 0.2) is 0 Å². The number of ether oxygens (including phenoxy) is 1. The van der Waals surface area contributed by atoms with Gasteiger partial charge in [0.2, 0.25) is 5.91 Å². The van der Waals surface area contributed by atoms with Crippen molar-refractivity contribution in [2.24, 2.45) is 0 Å². The number of hydrogen-bond donors (Lipinski definition) is 1. The van der Waals surface area contributed by atoms with Crippen LogP contribution < -0.4 is 10.1 Å². The highest BCUT2D eigenvalue weighted by Crippen LogP contribution is 2.12. The molecular formula is C18H20FNO2. The Balaban J connectivity index is 1.69. The summed E-state index contributed by atoms with van der Waals surface area (Å²) < 4.78 is 18.5. The number of aryl methyl sites for hydroxylation is 1. The van der Waals surface area contributed by atoms with E-state index in [4.69, 9.17) is 4.74 Å². The van der Waals surface area contributed by atoms with Crippen molar-refractivity contribution in [3.63, 3.8) is 0 Å². The largest absolute Gasteiger partial charge is 0.497 e. The zero-order valence-electron chi connectivity index (χ0n) is 12.6. The number of nitrogens with one attached hydrogen (secondary N) is 1. The highest BCUT2D eigenvalue weighted by atomic mass is 19.1. The number of amides is 1. The number of carbonyl (C=O) groups excluding carboxylic acids is 1. The van der Waals surface area contributed by atoms with Gasteiger partial charge < -0.3 is 10.1 Å². The summed E-state index contributed by atoms with van der Waals surface area (Å²) in [5, 5.41) is 2.82. The van der Waals surface area contributed by atoms with E-state index in [-0.39, 0.29) is 18.1 Å². The molecule has 0 heterocycles. The van der Waals surface area contributed by atoms with Crippen molar-refractivity contribution < 1.29 is 13.9 Å². The summed E-state index contributed by atoms with van der Waals surface area (Å²) >= 11 is 0. The van der Waals surface area contributed by atoms with Crippen molar-refractivity contribution in [1.82, 2.24) is 5.32 Å². The lowest BCUT2D eigenvalue weighted by Crippen LogP contribution is -2.26. The molecule has 2 rings (SSSR count). The zero-order valence-corrected chi connectivity index (χ0v) is 12.6. The quantitative estimate of drug-likeness (QED) is 0.798. The first-order chi connectivity index (χ1) is 10.7. The Labute approximate surface area is 130 Å². The molecule has 1 amide bonds. The summed E-state index contributed by atoms with van der Waals surface area (Å²) in [5.74, 6) is 0.345. The maximum absolute atomic E-state index is 13.4. The summed E-state index contributed by atoms with van der Waals surface area (Å²) in [6.45, 7) is 0.583. The number of methoxy groups -OCH3 is 1. The van der Waals surface area contributed by atoms with Crippen LogP contribution in [0, 0.1) is 5.82 Å². The van der Waals surface area contributed by atoms with Crippen LogP contribution in [0.25, 0.3) is 0 Å². The third-order valence-electron chi connectivity index (χ3n) is 3.43. The topological polar surface area (TPSA) is 38.3 Å². The Morgan fingerprint density at radius 3 is 2.55 bits per heavy atom. The van der Waals surface area contributed by atoms with Crippen molar-refractivity contribution in [3.05, 3.63) is 65.5 Å². The highest BCUT2D eigenvalue weighted by molar-refractivity contribution is 5.78. The Bertz CT molecular complexity index is 611. The number of rotatable bonds is 7. The minimum absolute atomic E-state index is 0.0786. The van der Waals surface area contributed by atoms with E-state index in [0.717, 1.165) is 18.6 Å². The van der Waals surface area contributed by atoms with E-state index in [2.05, 4.69) is 5.32 Å². The van der Waals surface area contributed by atoms with Gasteiger partial charge in [0.05, 0.1) is 13.5 Å². The third-order valence-corrected chi connectivity index (χ3v) is 3.43. The lowest BCUT2D eigenvalue weighted by Gasteiger charge is -2.07. The Kier molecular flexibility index (Phi) is 5.95. The monoisotopic (exact) mass is 301 g/mol. The molecule has 0 spiro atoms. The summed E-state index contributed by atoms with van der Waals surface area (Å²) in [7, 11) is 1.64. The normalized spacial score (nSPS) is 10.3. The summed E-state index contributed by atoms with van der Waals surface area (Å²) in [5.41, 5.74) is 1.62. The maximum Gasteiger partial charge on any atom is 0.224 e. The van der Waals surface area contributed by atoms with Gasteiger partial charge in [0.25, 0.3) is 0 Å². The molecule has 1 N–H and O–H groups in total. The van der Waals surface area contributed by atoms with E-state index < -0.39 is 0 Å². The molecule has 0 atom stereocenters. The van der Waals surface area contributed by atoms with Gasteiger partial charge in [-0.05, 0) is 42.2 Å². The minimum Gasteiger partial charge on any atom is -0.497 e. The van der Waals surface area contributed by atoms with Gasteiger partial charge in [-0.1, -0.05) is 30.3 Å². The molecule has 0 aliphatic heterocycles. The fourth-order valence-electron chi connectivity index (χ4n) is 2.19. The number of benzene rings is 2. The van der Waals surface area contributed by atoms with E-state index in [1.807, 2.05) is 24.3 Å². The molecule has 22 heavy (non-hydrogen) atoms. The van der Waals surface area contributed by atoms with Crippen LogP contribution in [0.2, 0.25) is 0 Å². The van der Waals surface area contributed by atoms with Gasteiger partial charge in [-0.25, -0.2) is 4.39 Å². The van der Waals surface area contributed by atoms with Crippen molar-refractivity contribution in [3.8, 4) is 5.75 Å². The lowest BCUT2D eigenvalue weighted by atomic mass is 10.1. The number of carbonyl (C=O) groups is 1. The Hall–Kier alpha value is -2.36. The van der Waals surface area contributed by atoms with Crippen LogP contribution in [-0.4, -0.2) is 19.6 Å². The van der Waals surface area contributed by atoms with Crippen LogP contribution >= 0.6 is 0 Å². The third kappa shape index (κ3) is 4.88. The fraction of sp³-hybridized carbons (Fsp3) is 0.278. The van der Waals surface area contributed by atoms with Crippen LogP contribution in [0.4, 0.5) is 4.39 Å². The smallest absolute Gasteiger partial charge is 0.224 e. The molecule has 0 fully saturated rings. The van der Waals surface area contributed by atoms with Gasteiger partial charge in [-0.3, -0.25) is 4.79 Å². The van der Waals surface area contributed by atoms with Crippen LogP contribution in [0.15, 0.2) is 48.5 Å². The maximum atomic E-state index is 13.4. The standard InChI is InChI=1S/C18H20FNO2/c1-22-16-10-8-14(9-11-16)5-4-12-20-18(21)13-15-6-2-3-7-17(15)19/h2-3,6-11H,4-5,12-13H2,1H3,(H,20,21). The molecule has 0 aromatic heterocycles. The van der Waals surface area contributed by atoms with Crippen molar-refractivity contribution >= 4 is 5.91 Å². The van der Waals surface area contributed by atoms with E-state index >= 15 is 0 Å². The molecule has 4 heteroatoms. The molecule has 0 radical (unpaired) electrons. The van der Waals surface area contributed by atoms with Crippen LogP contribution in [0.5, 0.6) is 5.75 Å². The molecule has 116 valence electrons. The second-order valence-corrected chi connectivity index (χ2v) is 5.07. The van der Waals surface area contributed by atoms with Gasteiger partial charge in [-0.15, -0.1) is 0 Å². The Morgan fingerprint density at radius 1 is 1.14 bits per heavy atom. The first-order valence-electron chi connectivity index (χ1n) is 7.32. The molecule has 0 saturated carbocycles.